The molecule has 0 unspecified atom stereocenters. The first kappa shape index (κ1) is 13.6. The normalized spacial score (nSPS) is 22.1. The summed E-state index contributed by atoms with van der Waals surface area (Å²) in [4.78, 5) is 4.87. The molecular formula is C14H23N5O. The predicted molar refractivity (Wildman–Crippen MR) is 78.6 cm³/mol. The van der Waals surface area contributed by atoms with Crippen LogP contribution in [0.15, 0.2) is 12.4 Å². The number of hydrogen-bond acceptors (Lipinski definition) is 6. The van der Waals surface area contributed by atoms with Crippen LogP contribution >= 0.6 is 0 Å². The van der Waals surface area contributed by atoms with Gasteiger partial charge in [0.1, 0.15) is 0 Å². The summed E-state index contributed by atoms with van der Waals surface area (Å²) in [5.74, 6) is 0.792. The van der Waals surface area contributed by atoms with Crippen LogP contribution in [0.3, 0.4) is 0 Å². The summed E-state index contributed by atoms with van der Waals surface area (Å²) in [7, 11) is 0. The van der Waals surface area contributed by atoms with Crippen molar-refractivity contribution in [3.63, 3.8) is 0 Å². The first-order valence-corrected chi connectivity index (χ1v) is 7.44. The van der Waals surface area contributed by atoms with Crippen LogP contribution in [0.2, 0.25) is 0 Å². The molecule has 0 aromatic carbocycles. The first-order valence-electron chi connectivity index (χ1n) is 7.44. The summed E-state index contributed by atoms with van der Waals surface area (Å²) < 4.78 is 5.40. The quantitative estimate of drug-likeness (QED) is 0.873. The number of nitrogens with two attached hydrogens (primary N) is 1. The summed E-state index contributed by atoms with van der Waals surface area (Å²) in [6.45, 7) is 7.27. The summed E-state index contributed by atoms with van der Waals surface area (Å²) >= 11 is 0. The van der Waals surface area contributed by atoms with Gasteiger partial charge in [-0.05, 0) is 18.8 Å². The van der Waals surface area contributed by atoms with Crippen LogP contribution in [-0.2, 0) is 4.74 Å². The van der Waals surface area contributed by atoms with E-state index in [1.54, 1.807) is 12.4 Å². The smallest absolute Gasteiger partial charge is 0.0821 e. The lowest BCUT2D eigenvalue weighted by atomic mass is 9.95. The van der Waals surface area contributed by atoms with Gasteiger partial charge in [0.05, 0.1) is 37.0 Å². The largest absolute Gasteiger partial charge is 0.396 e. The lowest BCUT2D eigenvalue weighted by Gasteiger charge is -2.37. The molecule has 0 radical (unpaired) electrons. The number of piperidine rings is 1. The zero-order valence-corrected chi connectivity index (χ0v) is 11.9. The van der Waals surface area contributed by atoms with Crippen molar-refractivity contribution in [3.05, 3.63) is 12.4 Å². The third-order valence-electron chi connectivity index (χ3n) is 4.31. The van der Waals surface area contributed by atoms with Crippen LogP contribution in [0.1, 0.15) is 12.8 Å². The Bertz CT molecular complexity index is 427. The third-order valence-corrected chi connectivity index (χ3v) is 4.31. The molecule has 20 heavy (non-hydrogen) atoms. The minimum absolute atomic E-state index is 0.728. The summed E-state index contributed by atoms with van der Waals surface area (Å²) in [5.41, 5.74) is 7.73. The highest BCUT2D eigenvalue weighted by Gasteiger charge is 2.23. The Morgan fingerprint density at radius 2 is 1.80 bits per heavy atom. The predicted octanol–water partition coefficient (Wildman–Crippen LogP) is 0.607. The molecule has 2 aliphatic rings. The van der Waals surface area contributed by atoms with Gasteiger partial charge < -0.3 is 15.4 Å². The number of anilines is 2. The van der Waals surface area contributed by atoms with E-state index in [4.69, 9.17) is 10.5 Å². The molecule has 6 nitrogen and oxygen atoms in total. The number of nitrogens with zero attached hydrogens (tertiary/aromatic N) is 4. The number of hydrogen-bond donors (Lipinski definition) is 1. The Balaban J connectivity index is 1.50. The average molecular weight is 277 g/mol. The van der Waals surface area contributed by atoms with Gasteiger partial charge in [0, 0.05) is 32.7 Å². The van der Waals surface area contributed by atoms with Crippen molar-refractivity contribution in [1.82, 2.24) is 15.1 Å². The topological polar surface area (TPSA) is 67.5 Å². The van der Waals surface area contributed by atoms with Crippen molar-refractivity contribution in [3.8, 4) is 0 Å². The van der Waals surface area contributed by atoms with Gasteiger partial charge >= 0.3 is 0 Å². The van der Waals surface area contributed by atoms with E-state index in [1.165, 1.54) is 19.4 Å². The summed E-state index contributed by atoms with van der Waals surface area (Å²) in [5, 5.41) is 7.75. The fourth-order valence-electron chi connectivity index (χ4n) is 3.09. The number of nitrogen functional groups attached to an aromatic ring is 1. The minimum atomic E-state index is 0.728. The molecule has 2 N–H and O–H groups in total. The Morgan fingerprint density at radius 1 is 1.10 bits per heavy atom. The molecule has 110 valence electrons. The lowest BCUT2D eigenvalue weighted by molar-refractivity contribution is 0.0289. The van der Waals surface area contributed by atoms with Crippen LogP contribution in [0, 0.1) is 5.92 Å². The second kappa shape index (κ2) is 6.37. The third kappa shape index (κ3) is 3.19. The van der Waals surface area contributed by atoms with E-state index >= 15 is 0 Å². The molecule has 0 saturated carbocycles. The van der Waals surface area contributed by atoms with E-state index in [2.05, 4.69) is 20.0 Å². The molecule has 0 bridgehead atoms. The van der Waals surface area contributed by atoms with Crippen molar-refractivity contribution in [2.75, 3.05) is 56.6 Å². The number of rotatable bonds is 3. The highest BCUT2D eigenvalue weighted by molar-refractivity contribution is 5.64. The molecule has 3 heterocycles. The molecule has 3 rings (SSSR count). The number of morpholine rings is 1. The molecular weight excluding hydrogens is 254 g/mol. The van der Waals surface area contributed by atoms with Gasteiger partial charge in [-0.3, -0.25) is 4.90 Å². The molecule has 6 heteroatoms. The first-order chi connectivity index (χ1) is 9.83. The lowest BCUT2D eigenvalue weighted by Crippen LogP contribution is -2.43. The van der Waals surface area contributed by atoms with Crippen LogP contribution in [0.25, 0.3) is 0 Å². The van der Waals surface area contributed by atoms with E-state index in [1.807, 2.05) is 0 Å². The Kier molecular flexibility index (Phi) is 4.32. The van der Waals surface area contributed by atoms with Crippen molar-refractivity contribution in [2.45, 2.75) is 12.8 Å². The zero-order chi connectivity index (χ0) is 13.8. The standard InChI is InChI=1S/C14H23N5O/c15-13-9-16-17-10-14(13)19-3-1-12(2-4-19)11-18-5-7-20-8-6-18/h9-10,12H,1-8,11H2,(H2,15,17). The van der Waals surface area contributed by atoms with Crippen LogP contribution in [-0.4, -0.2) is 61.0 Å². The Hall–Kier alpha value is -1.40. The van der Waals surface area contributed by atoms with Crippen molar-refractivity contribution >= 4 is 11.4 Å². The van der Waals surface area contributed by atoms with Crippen molar-refractivity contribution in [1.29, 1.82) is 0 Å². The SMILES string of the molecule is Nc1cnncc1N1CCC(CN2CCOCC2)CC1. The number of ether oxygens (including phenoxy) is 1. The van der Waals surface area contributed by atoms with Crippen LogP contribution < -0.4 is 10.6 Å². The van der Waals surface area contributed by atoms with E-state index in [0.29, 0.717) is 0 Å². The van der Waals surface area contributed by atoms with E-state index < -0.39 is 0 Å². The summed E-state index contributed by atoms with van der Waals surface area (Å²) in [6.07, 6.45) is 5.85. The molecule has 2 aliphatic heterocycles. The maximum absolute atomic E-state index is 5.97. The second-order valence-electron chi connectivity index (χ2n) is 5.67. The molecule has 0 spiro atoms. The molecule has 1 aromatic rings. The maximum Gasteiger partial charge on any atom is 0.0821 e. The van der Waals surface area contributed by atoms with Gasteiger partial charge in [-0.2, -0.15) is 10.2 Å². The molecule has 0 aliphatic carbocycles. The molecule has 1 aromatic heterocycles. The van der Waals surface area contributed by atoms with Crippen LogP contribution in [0.5, 0.6) is 0 Å². The van der Waals surface area contributed by atoms with Gasteiger partial charge in [-0.25, -0.2) is 0 Å². The Morgan fingerprint density at radius 3 is 2.50 bits per heavy atom. The van der Waals surface area contributed by atoms with Gasteiger partial charge in [0.15, 0.2) is 0 Å². The summed E-state index contributed by atoms with van der Waals surface area (Å²) in [6, 6.07) is 0. The minimum Gasteiger partial charge on any atom is -0.396 e. The average Bonchev–Trinajstić information content (AvgIpc) is 2.50. The Labute approximate surface area is 119 Å². The number of aromatic nitrogens is 2. The monoisotopic (exact) mass is 277 g/mol. The molecule has 0 atom stereocenters. The fraction of sp³-hybridized carbons (Fsp3) is 0.714. The van der Waals surface area contributed by atoms with Gasteiger partial charge in [-0.15, -0.1) is 0 Å². The second-order valence-corrected chi connectivity index (χ2v) is 5.67. The zero-order valence-electron chi connectivity index (χ0n) is 11.9. The molecule has 2 fully saturated rings. The van der Waals surface area contributed by atoms with Gasteiger partial charge in [0.25, 0.3) is 0 Å². The fourth-order valence-corrected chi connectivity index (χ4v) is 3.09. The maximum atomic E-state index is 5.97. The van der Waals surface area contributed by atoms with Gasteiger partial charge in [0.2, 0.25) is 0 Å². The van der Waals surface area contributed by atoms with Gasteiger partial charge in [-0.1, -0.05) is 0 Å². The van der Waals surface area contributed by atoms with Crippen molar-refractivity contribution < 1.29 is 4.74 Å². The highest BCUT2D eigenvalue weighted by Crippen LogP contribution is 2.27. The van der Waals surface area contributed by atoms with E-state index in [0.717, 1.165) is 56.7 Å². The van der Waals surface area contributed by atoms with Crippen LogP contribution in [0.4, 0.5) is 11.4 Å². The van der Waals surface area contributed by atoms with E-state index in [9.17, 15) is 0 Å². The molecule has 2 saturated heterocycles. The van der Waals surface area contributed by atoms with Crippen molar-refractivity contribution in [2.24, 2.45) is 5.92 Å². The van der Waals surface area contributed by atoms with E-state index in [-0.39, 0.29) is 0 Å². The highest BCUT2D eigenvalue weighted by atomic mass is 16.5. The molecule has 0 amide bonds.